The SMILES string of the molecule is Cc1ccc2c(n1)c(Cc1cccc(S(=O)(=O)N(C)C)c1)c(C)n2C/C(F)=C/CN. The van der Waals surface area contributed by atoms with Gasteiger partial charge in [0.15, 0.2) is 0 Å². The standard InChI is InChI=1S/C22H27FN4O2S/c1-15-8-9-21-22(25-15)20(16(2)27(21)14-18(23)10-11-24)13-17-6-5-7-19(12-17)30(28,29)26(3)4/h5-10,12H,11,13-14,24H2,1-4H3/b18-10-. The highest BCUT2D eigenvalue weighted by atomic mass is 32.2. The molecule has 0 fully saturated rings. The van der Waals surface area contributed by atoms with Crippen molar-refractivity contribution in [2.45, 2.75) is 31.7 Å². The number of allylic oxidation sites excluding steroid dienone is 1. The first-order valence-corrected chi connectivity index (χ1v) is 11.1. The Balaban J connectivity index is 2.10. The number of aryl methyl sites for hydroxylation is 1. The van der Waals surface area contributed by atoms with Gasteiger partial charge in [-0.25, -0.2) is 17.1 Å². The number of nitrogens with zero attached hydrogens (tertiary/aromatic N) is 3. The van der Waals surface area contributed by atoms with Crippen LogP contribution < -0.4 is 5.73 Å². The molecule has 0 aliphatic heterocycles. The molecule has 0 saturated heterocycles. The highest BCUT2D eigenvalue weighted by Gasteiger charge is 2.20. The van der Waals surface area contributed by atoms with Gasteiger partial charge >= 0.3 is 0 Å². The first-order valence-electron chi connectivity index (χ1n) is 9.66. The van der Waals surface area contributed by atoms with Crippen molar-refractivity contribution in [1.82, 2.24) is 13.9 Å². The Morgan fingerprint density at radius 2 is 1.97 bits per heavy atom. The Morgan fingerprint density at radius 1 is 1.23 bits per heavy atom. The van der Waals surface area contributed by atoms with Gasteiger partial charge in [0.2, 0.25) is 10.0 Å². The maximum Gasteiger partial charge on any atom is 0.242 e. The molecule has 0 amide bonds. The van der Waals surface area contributed by atoms with E-state index in [1.807, 2.05) is 36.6 Å². The van der Waals surface area contributed by atoms with Gasteiger partial charge < -0.3 is 10.3 Å². The monoisotopic (exact) mass is 430 g/mol. The summed E-state index contributed by atoms with van der Waals surface area (Å²) in [7, 11) is -0.505. The lowest BCUT2D eigenvalue weighted by molar-refractivity contribution is 0.520. The van der Waals surface area contributed by atoms with Gasteiger partial charge in [-0.05, 0) is 49.8 Å². The fourth-order valence-corrected chi connectivity index (χ4v) is 4.47. The van der Waals surface area contributed by atoms with Gasteiger partial charge in [0, 0.05) is 44.0 Å². The number of halogens is 1. The maximum atomic E-state index is 14.2. The molecule has 0 saturated carbocycles. The number of aromatic nitrogens is 2. The van der Waals surface area contributed by atoms with Crippen molar-refractivity contribution in [1.29, 1.82) is 0 Å². The predicted octanol–water partition coefficient (Wildman–Crippen LogP) is 3.31. The van der Waals surface area contributed by atoms with Crippen LogP contribution >= 0.6 is 0 Å². The Hall–Kier alpha value is -2.55. The Bertz CT molecular complexity index is 1210. The second-order valence-electron chi connectivity index (χ2n) is 7.47. The van der Waals surface area contributed by atoms with Crippen LogP contribution in [0.15, 0.2) is 53.2 Å². The fraction of sp³-hybridized carbons (Fsp3) is 0.318. The summed E-state index contributed by atoms with van der Waals surface area (Å²) in [6.45, 7) is 4.07. The average molecular weight is 431 g/mol. The summed E-state index contributed by atoms with van der Waals surface area (Å²) in [5.41, 5.74) is 10.6. The topological polar surface area (TPSA) is 81.2 Å². The molecule has 0 aliphatic rings. The van der Waals surface area contributed by atoms with Gasteiger partial charge in [-0.3, -0.25) is 4.98 Å². The molecule has 0 spiro atoms. The summed E-state index contributed by atoms with van der Waals surface area (Å²) in [6, 6.07) is 10.7. The minimum absolute atomic E-state index is 0.0827. The van der Waals surface area contributed by atoms with Crippen molar-refractivity contribution >= 4 is 21.1 Å². The van der Waals surface area contributed by atoms with Crippen molar-refractivity contribution < 1.29 is 12.8 Å². The number of pyridine rings is 1. The zero-order valence-corrected chi connectivity index (χ0v) is 18.5. The molecule has 2 N–H and O–H groups in total. The van der Waals surface area contributed by atoms with Crippen LogP contribution in [-0.4, -0.2) is 42.9 Å². The smallest absolute Gasteiger partial charge is 0.242 e. The van der Waals surface area contributed by atoms with Crippen molar-refractivity contribution in [2.75, 3.05) is 20.6 Å². The second-order valence-corrected chi connectivity index (χ2v) is 9.62. The van der Waals surface area contributed by atoms with E-state index in [1.165, 1.54) is 24.5 Å². The molecule has 0 unspecified atom stereocenters. The van der Waals surface area contributed by atoms with E-state index in [9.17, 15) is 12.8 Å². The number of rotatable bonds is 7. The number of hydrogen-bond acceptors (Lipinski definition) is 4. The molecular weight excluding hydrogens is 403 g/mol. The van der Waals surface area contributed by atoms with E-state index in [4.69, 9.17) is 10.7 Å². The molecule has 30 heavy (non-hydrogen) atoms. The van der Waals surface area contributed by atoms with E-state index in [2.05, 4.69) is 0 Å². The third-order valence-corrected chi connectivity index (χ3v) is 6.95. The summed E-state index contributed by atoms with van der Waals surface area (Å²) < 4.78 is 42.3. The van der Waals surface area contributed by atoms with Crippen LogP contribution in [0.25, 0.3) is 11.0 Å². The molecule has 0 aliphatic carbocycles. The molecule has 2 aromatic heterocycles. The largest absolute Gasteiger partial charge is 0.336 e. The summed E-state index contributed by atoms with van der Waals surface area (Å²) in [5.74, 6) is -0.302. The second kappa shape index (κ2) is 8.67. The molecule has 0 bridgehead atoms. The molecule has 3 aromatic rings. The number of nitrogens with two attached hydrogens (primary N) is 1. The molecule has 8 heteroatoms. The van der Waals surface area contributed by atoms with Crippen LogP contribution in [0.5, 0.6) is 0 Å². The molecule has 0 radical (unpaired) electrons. The number of hydrogen-bond donors (Lipinski definition) is 1. The minimum atomic E-state index is -3.52. The molecule has 2 heterocycles. The predicted molar refractivity (Wildman–Crippen MR) is 118 cm³/mol. The zero-order valence-electron chi connectivity index (χ0n) is 17.7. The van der Waals surface area contributed by atoms with Crippen LogP contribution in [0, 0.1) is 13.8 Å². The van der Waals surface area contributed by atoms with Crippen molar-refractivity contribution in [3.8, 4) is 0 Å². The highest BCUT2D eigenvalue weighted by molar-refractivity contribution is 7.89. The maximum absolute atomic E-state index is 14.2. The first-order chi connectivity index (χ1) is 14.1. The first kappa shape index (κ1) is 22.1. The van der Waals surface area contributed by atoms with Crippen LogP contribution in [0.1, 0.15) is 22.5 Å². The quantitative estimate of drug-likeness (QED) is 0.624. The summed E-state index contributed by atoms with van der Waals surface area (Å²) in [6.07, 6.45) is 1.85. The fourth-order valence-electron chi connectivity index (χ4n) is 3.49. The summed E-state index contributed by atoms with van der Waals surface area (Å²) >= 11 is 0. The lowest BCUT2D eigenvalue weighted by atomic mass is 10.0. The van der Waals surface area contributed by atoms with Gasteiger partial charge in [-0.2, -0.15) is 0 Å². The average Bonchev–Trinajstić information content (AvgIpc) is 2.93. The van der Waals surface area contributed by atoms with Gasteiger partial charge in [0.05, 0.1) is 22.5 Å². The van der Waals surface area contributed by atoms with E-state index < -0.39 is 10.0 Å². The summed E-state index contributed by atoms with van der Waals surface area (Å²) in [4.78, 5) is 4.94. The van der Waals surface area contributed by atoms with Crippen LogP contribution in [0.4, 0.5) is 4.39 Å². The normalized spacial score (nSPS) is 12.8. The van der Waals surface area contributed by atoms with Crippen molar-refractivity contribution in [3.63, 3.8) is 0 Å². The highest BCUT2D eigenvalue weighted by Crippen LogP contribution is 2.29. The van der Waals surface area contributed by atoms with Gasteiger partial charge in [-0.15, -0.1) is 0 Å². The lowest BCUT2D eigenvalue weighted by Gasteiger charge is -2.12. The summed E-state index contributed by atoms with van der Waals surface area (Å²) in [5, 5.41) is 0. The Labute approximate surface area is 176 Å². The molecular formula is C22H27FN4O2S. The Morgan fingerprint density at radius 3 is 2.63 bits per heavy atom. The van der Waals surface area contributed by atoms with Crippen molar-refractivity contribution in [2.24, 2.45) is 5.73 Å². The number of sulfonamides is 1. The van der Waals surface area contributed by atoms with Gasteiger partial charge in [0.1, 0.15) is 5.83 Å². The van der Waals surface area contributed by atoms with E-state index in [0.717, 1.165) is 33.5 Å². The van der Waals surface area contributed by atoms with E-state index in [1.54, 1.807) is 18.2 Å². The van der Waals surface area contributed by atoms with E-state index in [0.29, 0.717) is 6.42 Å². The van der Waals surface area contributed by atoms with Crippen LogP contribution in [0.3, 0.4) is 0 Å². The minimum Gasteiger partial charge on any atom is -0.336 e. The van der Waals surface area contributed by atoms with Gasteiger partial charge in [0.25, 0.3) is 0 Å². The van der Waals surface area contributed by atoms with Crippen molar-refractivity contribution in [3.05, 3.63) is 70.8 Å². The lowest BCUT2D eigenvalue weighted by Crippen LogP contribution is -2.22. The van der Waals surface area contributed by atoms with E-state index >= 15 is 0 Å². The third-order valence-electron chi connectivity index (χ3n) is 5.14. The molecule has 160 valence electrons. The number of benzene rings is 1. The van der Waals surface area contributed by atoms with Gasteiger partial charge in [-0.1, -0.05) is 12.1 Å². The van der Waals surface area contributed by atoms with Crippen LogP contribution in [0.2, 0.25) is 0 Å². The Kier molecular flexibility index (Phi) is 6.40. The van der Waals surface area contributed by atoms with Crippen LogP contribution in [-0.2, 0) is 23.0 Å². The number of fused-ring (bicyclic) bond motifs is 1. The molecule has 6 nitrogen and oxygen atoms in total. The molecule has 0 atom stereocenters. The molecule has 1 aromatic carbocycles. The zero-order chi connectivity index (χ0) is 22.1. The van der Waals surface area contributed by atoms with E-state index in [-0.39, 0.29) is 23.8 Å². The molecule has 3 rings (SSSR count). The third kappa shape index (κ3) is 4.30.